The van der Waals surface area contributed by atoms with E-state index in [1.165, 1.54) is 0 Å². The van der Waals surface area contributed by atoms with Gasteiger partial charge in [-0.05, 0) is 18.6 Å². The zero-order chi connectivity index (χ0) is 14.2. The molecule has 4 rings (SSSR count). The van der Waals surface area contributed by atoms with Gasteiger partial charge in [0, 0.05) is 31.3 Å². The molecule has 0 saturated heterocycles. The maximum absolute atomic E-state index is 12.5. The SMILES string of the molecule is O=C(Nc1cccc2[nH]cnc12)[C@@H]1CCn2ccnc2C1. The highest BCUT2D eigenvalue weighted by atomic mass is 16.1. The Labute approximate surface area is 121 Å². The topological polar surface area (TPSA) is 75.6 Å². The third kappa shape index (κ3) is 2.08. The highest BCUT2D eigenvalue weighted by Gasteiger charge is 2.25. The van der Waals surface area contributed by atoms with Crippen molar-refractivity contribution in [2.75, 3.05) is 5.32 Å². The van der Waals surface area contributed by atoms with Gasteiger partial charge >= 0.3 is 0 Å². The number of aromatic amines is 1. The number of amides is 1. The number of benzene rings is 1. The molecule has 1 aromatic carbocycles. The number of aryl methyl sites for hydroxylation is 1. The van der Waals surface area contributed by atoms with Crippen LogP contribution in [0.5, 0.6) is 0 Å². The normalized spacial score (nSPS) is 17.6. The highest BCUT2D eigenvalue weighted by molar-refractivity contribution is 6.00. The van der Waals surface area contributed by atoms with Crippen molar-refractivity contribution >= 4 is 22.6 Å². The summed E-state index contributed by atoms with van der Waals surface area (Å²) in [4.78, 5) is 24.1. The molecule has 0 fully saturated rings. The quantitative estimate of drug-likeness (QED) is 0.754. The molecule has 21 heavy (non-hydrogen) atoms. The Kier molecular flexibility index (Phi) is 2.73. The number of anilines is 1. The van der Waals surface area contributed by atoms with E-state index in [-0.39, 0.29) is 11.8 Å². The number of carbonyl (C=O) groups is 1. The van der Waals surface area contributed by atoms with E-state index < -0.39 is 0 Å². The van der Waals surface area contributed by atoms with Crippen molar-refractivity contribution in [3.8, 4) is 0 Å². The second-order valence-electron chi connectivity index (χ2n) is 5.32. The number of hydrogen-bond donors (Lipinski definition) is 2. The van der Waals surface area contributed by atoms with Crippen molar-refractivity contribution in [1.82, 2.24) is 19.5 Å². The number of aromatic nitrogens is 4. The Bertz CT molecular complexity index is 803. The molecule has 106 valence electrons. The van der Waals surface area contributed by atoms with Crippen LogP contribution in [0.2, 0.25) is 0 Å². The minimum absolute atomic E-state index is 0.0332. The van der Waals surface area contributed by atoms with Crippen LogP contribution in [0.4, 0.5) is 5.69 Å². The van der Waals surface area contributed by atoms with Crippen molar-refractivity contribution in [3.63, 3.8) is 0 Å². The second-order valence-corrected chi connectivity index (χ2v) is 5.32. The van der Waals surface area contributed by atoms with Crippen molar-refractivity contribution in [1.29, 1.82) is 0 Å². The first-order chi connectivity index (χ1) is 10.3. The molecule has 2 N–H and O–H groups in total. The van der Waals surface area contributed by atoms with Crippen LogP contribution >= 0.6 is 0 Å². The van der Waals surface area contributed by atoms with Gasteiger partial charge in [0.2, 0.25) is 5.91 Å². The summed E-state index contributed by atoms with van der Waals surface area (Å²) in [6.45, 7) is 0.847. The second kappa shape index (κ2) is 4.73. The molecular formula is C15H15N5O. The van der Waals surface area contributed by atoms with E-state index in [1.807, 2.05) is 24.4 Å². The minimum atomic E-state index is -0.0332. The number of rotatable bonds is 2. The zero-order valence-electron chi connectivity index (χ0n) is 11.4. The number of para-hydroxylation sites is 1. The molecule has 0 bridgehead atoms. The monoisotopic (exact) mass is 281 g/mol. The summed E-state index contributed by atoms with van der Waals surface area (Å²) in [7, 11) is 0. The molecule has 6 heteroatoms. The first-order valence-electron chi connectivity index (χ1n) is 7.04. The zero-order valence-corrected chi connectivity index (χ0v) is 11.4. The molecule has 1 amide bonds. The van der Waals surface area contributed by atoms with Gasteiger partial charge in [0.15, 0.2) is 0 Å². The lowest BCUT2D eigenvalue weighted by Crippen LogP contribution is -2.30. The summed E-state index contributed by atoms with van der Waals surface area (Å²) in [6, 6.07) is 5.73. The van der Waals surface area contributed by atoms with Crippen LogP contribution in [0.3, 0.4) is 0 Å². The lowest BCUT2D eigenvalue weighted by Gasteiger charge is -2.22. The fourth-order valence-electron chi connectivity index (χ4n) is 2.88. The van der Waals surface area contributed by atoms with Crippen LogP contribution in [0.25, 0.3) is 11.0 Å². The van der Waals surface area contributed by atoms with Gasteiger partial charge in [0.25, 0.3) is 0 Å². The number of nitrogens with one attached hydrogen (secondary N) is 2. The van der Waals surface area contributed by atoms with Crippen LogP contribution in [-0.2, 0) is 17.8 Å². The molecule has 1 atom stereocenters. The highest BCUT2D eigenvalue weighted by Crippen LogP contribution is 2.24. The van der Waals surface area contributed by atoms with Crippen molar-refractivity contribution in [3.05, 3.63) is 42.7 Å². The van der Waals surface area contributed by atoms with Crippen molar-refractivity contribution < 1.29 is 4.79 Å². The molecule has 3 aromatic rings. The number of hydrogen-bond acceptors (Lipinski definition) is 3. The lowest BCUT2D eigenvalue weighted by molar-refractivity contribution is -0.120. The third-order valence-electron chi connectivity index (χ3n) is 4.03. The number of H-pyrrole nitrogens is 1. The van der Waals surface area contributed by atoms with Crippen LogP contribution in [0, 0.1) is 5.92 Å². The molecule has 0 spiro atoms. The Morgan fingerprint density at radius 3 is 3.29 bits per heavy atom. The van der Waals surface area contributed by atoms with Gasteiger partial charge in [-0.2, -0.15) is 0 Å². The lowest BCUT2D eigenvalue weighted by atomic mass is 9.97. The molecule has 3 heterocycles. The summed E-state index contributed by atoms with van der Waals surface area (Å²) >= 11 is 0. The summed E-state index contributed by atoms with van der Waals surface area (Å²) in [5.41, 5.74) is 2.47. The predicted molar refractivity (Wildman–Crippen MR) is 78.8 cm³/mol. The molecule has 0 radical (unpaired) electrons. The molecule has 0 saturated carbocycles. The third-order valence-corrected chi connectivity index (χ3v) is 4.03. The van der Waals surface area contributed by atoms with Crippen molar-refractivity contribution in [2.45, 2.75) is 19.4 Å². The van der Waals surface area contributed by atoms with Crippen LogP contribution < -0.4 is 5.32 Å². The molecule has 0 unspecified atom stereocenters. The number of carbonyl (C=O) groups excluding carboxylic acids is 1. The molecule has 0 aliphatic carbocycles. The fraction of sp³-hybridized carbons (Fsp3) is 0.267. The van der Waals surface area contributed by atoms with Crippen LogP contribution in [0.1, 0.15) is 12.2 Å². The van der Waals surface area contributed by atoms with E-state index in [1.54, 1.807) is 12.5 Å². The Morgan fingerprint density at radius 1 is 1.38 bits per heavy atom. The van der Waals surface area contributed by atoms with Gasteiger partial charge in [-0.15, -0.1) is 0 Å². The summed E-state index contributed by atoms with van der Waals surface area (Å²) in [5.74, 6) is 0.994. The Balaban J connectivity index is 1.55. The molecule has 6 nitrogen and oxygen atoms in total. The number of nitrogens with zero attached hydrogens (tertiary/aromatic N) is 3. The summed E-state index contributed by atoms with van der Waals surface area (Å²) < 4.78 is 2.11. The molecule has 1 aliphatic heterocycles. The van der Waals surface area contributed by atoms with Crippen molar-refractivity contribution in [2.24, 2.45) is 5.92 Å². The van der Waals surface area contributed by atoms with Gasteiger partial charge in [-0.3, -0.25) is 4.79 Å². The maximum Gasteiger partial charge on any atom is 0.228 e. The van der Waals surface area contributed by atoms with Gasteiger partial charge in [0.05, 0.1) is 17.5 Å². The van der Waals surface area contributed by atoms with E-state index in [0.717, 1.165) is 35.5 Å². The van der Waals surface area contributed by atoms with E-state index in [2.05, 4.69) is 24.8 Å². The number of fused-ring (bicyclic) bond motifs is 2. The largest absolute Gasteiger partial charge is 0.345 e. The summed E-state index contributed by atoms with van der Waals surface area (Å²) in [6.07, 6.45) is 6.92. The standard InChI is InChI=1S/C15H15N5O/c21-15(10-4-6-20-7-5-16-13(20)8-10)19-12-3-1-2-11-14(12)18-9-17-11/h1-3,5,7,9-10H,4,6,8H2,(H,17,18)(H,19,21)/t10-/m1/s1. The van der Waals surface area contributed by atoms with E-state index in [9.17, 15) is 4.79 Å². The molecule has 1 aliphatic rings. The average molecular weight is 281 g/mol. The van der Waals surface area contributed by atoms with Gasteiger partial charge in [-0.1, -0.05) is 6.07 Å². The smallest absolute Gasteiger partial charge is 0.228 e. The average Bonchev–Trinajstić information content (AvgIpc) is 3.15. The first-order valence-corrected chi connectivity index (χ1v) is 7.04. The molecule has 2 aromatic heterocycles. The predicted octanol–water partition coefficient (Wildman–Crippen LogP) is 1.96. The van der Waals surface area contributed by atoms with Gasteiger partial charge in [0.1, 0.15) is 11.3 Å². The van der Waals surface area contributed by atoms with Crippen LogP contribution in [0.15, 0.2) is 36.9 Å². The minimum Gasteiger partial charge on any atom is -0.345 e. The fourth-order valence-corrected chi connectivity index (χ4v) is 2.88. The van der Waals surface area contributed by atoms with E-state index >= 15 is 0 Å². The van der Waals surface area contributed by atoms with E-state index in [0.29, 0.717) is 6.42 Å². The van der Waals surface area contributed by atoms with E-state index in [4.69, 9.17) is 0 Å². The number of imidazole rings is 2. The van der Waals surface area contributed by atoms with Gasteiger partial charge < -0.3 is 14.9 Å². The molecular weight excluding hydrogens is 266 g/mol. The first kappa shape index (κ1) is 12.1. The maximum atomic E-state index is 12.5. The van der Waals surface area contributed by atoms with Crippen LogP contribution in [-0.4, -0.2) is 25.4 Å². The van der Waals surface area contributed by atoms with Gasteiger partial charge in [-0.25, -0.2) is 9.97 Å². The Hall–Kier alpha value is -2.63. The Morgan fingerprint density at radius 2 is 2.33 bits per heavy atom. The summed E-state index contributed by atoms with van der Waals surface area (Å²) in [5, 5.41) is 3.01.